The molecule has 1 aliphatic rings. The third-order valence-electron chi connectivity index (χ3n) is 2.78. The smallest absolute Gasteiger partial charge is 0.153 e. The van der Waals surface area contributed by atoms with Gasteiger partial charge in [-0.25, -0.2) is 8.42 Å². The van der Waals surface area contributed by atoms with Gasteiger partial charge in [0.25, 0.3) is 0 Å². The topological polar surface area (TPSA) is 80.4 Å². The lowest BCUT2D eigenvalue weighted by Crippen LogP contribution is -2.18. The highest BCUT2D eigenvalue weighted by Gasteiger charge is 2.32. The number of nitrogens with zero attached hydrogens (tertiary/aromatic N) is 1. The molecule has 1 fully saturated rings. The number of hydrogen-bond acceptors (Lipinski definition) is 5. The van der Waals surface area contributed by atoms with Crippen LogP contribution in [0.1, 0.15) is 24.2 Å². The molecular formula is C9H13NO4S. The zero-order valence-corrected chi connectivity index (χ0v) is 9.03. The molecular weight excluding hydrogens is 218 g/mol. The van der Waals surface area contributed by atoms with Crippen LogP contribution in [0.15, 0.2) is 10.7 Å². The van der Waals surface area contributed by atoms with Crippen molar-refractivity contribution in [3.8, 4) is 0 Å². The average Bonchev–Trinajstić information content (AvgIpc) is 2.74. The monoisotopic (exact) mass is 231 g/mol. The Balaban J connectivity index is 2.16. The van der Waals surface area contributed by atoms with E-state index >= 15 is 0 Å². The zero-order valence-electron chi connectivity index (χ0n) is 8.22. The first-order valence-electron chi connectivity index (χ1n) is 4.88. The van der Waals surface area contributed by atoms with Crippen LogP contribution in [-0.4, -0.2) is 29.7 Å². The summed E-state index contributed by atoms with van der Waals surface area (Å²) in [6, 6.07) is 0. The van der Waals surface area contributed by atoms with E-state index in [2.05, 4.69) is 5.16 Å². The van der Waals surface area contributed by atoms with Crippen LogP contribution in [0.4, 0.5) is 0 Å². The first kappa shape index (κ1) is 10.6. The second kappa shape index (κ2) is 3.94. The zero-order chi connectivity index (χ0) is 10.9. The molecule has 1 atom stereocenters. The van der Waals surface area contributed by atoms with Crippen LogP contribution in [0.5, 0.6) is 0 Å². The predicted molar refractivity (Wildman–Crippen MR) is 52.9 cm³/mol. The molecule has 0 saturated carbocycles. The number of aromatic nitrogens is 1. The van der Waals surface area contributed by atoms with Gasteiger partial charge in [0.2, 0.25) is 0 Å². The summed E-state index contributed by atoms with van der Waals surface area (Å²) >= 11 is 0. The van der Waals surface area contributed by atoms with Crippen molar-refractivity contribution in [1.29, 1.82) is 0 Å². The Morgan fingerprint density at radius 2 is 2.40 bits per heavy atom. The van der Waals surface area contributed by atoms with Crippen molar-refractivity contribution < 1.29 is 18.0 Å². The van der Waals surface area contributed by atoms with E-state index in [-0.39, 0.29) is 17.6 Å². The fourth-order valence-electron chi connectivity index (χ4n) is 1.88. The molecule has 1 aliphatic heterocycles. The highest BCUT2D eigenvalue weighted by Crippen LogP contribution is 2.24. The lowest BCUT2D eigenvalue weighted by atomic mass is 10.1. The van der Waals surface area contributed by atoms with E-state index in [1.54, 1.807) is 0 Å². The molecule has 2 heterocycles. The highest BCUT2D eigenvalue weighted by atomic mass is 32.2. The van der Waals surface area contributed by atoms with E-state index in [9.17, 15) is 8.42 Å². The summed E-state index contributed by atoms with van der Waals surface area (Å²) in [7, 11) is -2.96. The third-order valence-corrected chi connectivity index (χ3v) is 5.05. The fourth-order valence-corrected chi connectivity index (χ4v) is 3.71. The Morgan fingerprint density at radius 3 is 3.00 bits per heavy atom. The summed E-state index contributed by atoms with van der Waals surface area (Å²) in [5, 5.41) is 12.1. The van der Waals surface area contributed by atoms with Gasteiger partial charge < -0.3 is 9.63 Å². The van der Waals surface area contributed by atoms with Gasteiger partial charge in [0, 0.05) is 12.0 Å². The van der Waals surface area contributed by atoms with Crippen LogP contribution in [0.3, 0.4) is 0 Å². The molecule has 1 unspecified atom stereocenters. The molecule has 0 spiro atoms. The molecule has 0 aromatic carbocycles. The second-order valence-corrected chi connectivity index (χ2v) is 6.17. The van der Waals surface area contributed by atoms with Gasteiger partial charge >= 0.3 is 0 Å². The maximum absolute atomic E-state index is 11.6. The summed E-state index contributed by atoms with van der Waals surface area (Å²) in [4.78, 5) is 0. The van der Waals surface area contributed by atoms with Crippen molar-refractivity contribution in [2.75, 3.05) is 5.75 Å². The average molecular weight is 231 g/mol. The maximum atomic E-state index is 11.6. The largest absolute Gasteiger partial charge is 0.391 e. The van der Waals surface area contributed by atoms with Gasteiger partial charge in [-0.05, 0) is 12.8 Å². The van der Waals surface area contributed by atoms with Crippen molar-refractivity contribution in [1.82, 2.24) is 5.16 Å². The molecule has 15 heavy (non-hydrogen) atoms. The van der Waals surface area contributed by atoms with E-state index in [1.807, 2.05) is 0 Å². The molecule has 84 valence electrons. The van der Waals surface area contributed by atoms with E-state index in [1.165, 1.54) is 6.20 Å². The van der Waals surface area contributed by atoms with Crippen LogP contribution < -0.4 is 0 Å². The number of sulfone groups is 1. The van der Waals surface area contributed by atoms with Crippen molar-refractivity contribution in [2.45, 2.75) is 31.1 Å². The molecule has 0 radical (unpaired) electrons. The van der Waals surface area contributed by atoms with Gasteiger partial charge in [-0.2, -0.15) is 0 Å². The fraction of sp³-hybridized carbons (Fsp3) is 0.667. The number of aliphatic hydroxyl groups excluding tert-OH is 1. The lowest BCUT2D eigenvalue weighted by Gasteiger charge is -2.06. The van der Waals surface area contributed by atoms with Gasteiger partial charge in [0.15, 0.2) is 9.84 Å². The van der Waals surface area contributed by atoms with Gasteiger partial charge in [0.05, 0.1) is 23.8 Å². The Kier molecular flexibility index (Phi) is 2.79. The summed E-state index contributed by atoms with van der Waals surface area (Å²) in [5.41, 5.74) is 0.581. The summed E-state index contributed by atoms with van der Waals surface area (Å²) < 4.78 is 28.1. The molecule has 2 rings (SSSR count). The molecule has 1 aromatic heterocycles. The quantitative estimate of drug-likeness (QED) is 0.808. The van der Waals surface area contributed by atoms with Gasteiger partial charge in [0.1, 0.15) is 5.76 Å². The van der Waals surface area contributed by atoms with E-state index in [0.717, 1.165) is 6.42 Å². The van der Waals surface area contributed by atoms with Gasteiger partial charge in [-0.15, -0.1) is 0 Å². The van der Waals surface area contributed by atoms with Crippen LogP contribution in [0.2, 0.25) is 0 Å². The molecule has 0 aliphatic carbocycles. The molecule has 0 bridgehead atoms. The SMILES string of the molecule is O=S1(=O)CCCC1Cc1oncc1CO. The van der Waals surface area contributed by atoms with Crippen LogP contribution in [0, 0.1) is 0 Å². The van der Waals surface area contributed by atoms with Gasteiger partial charge in [-0.3, -0.25) is 0 Å². The molecule has 6 heteroatoms. The second-order valence-electron chi connectivity index (χ2n) is 3.77. The molecule has 5 nitrogen and oxygen atoms in total. The minimum atomic E-state index is -2.96. The Hall–Kier alpha value is -0.880. The normalized spacial score (nSPS) is 24.5. The van der Waals surface area contributed by atoms with Crippen LogP contribution in [0.25, 0.3) is 0 Å². The van der Waals surface area contributed by atoms with Crippen molar-refractivity contribution in [3.63, 3.8) is 0 Å². The Bertz CT molecular complexity index is 437. The minimum Gasteiger partial charge on any atom is -0.391 e. The number of hydrogen-bond donors (Lipinski definition) is 1. The van der Waals surface area contributed by atoms with Crippen molar-refractivity contribution >= 4 is 9.84 Å². The van der Waals surface area contributed by atoms with Crippen molar-refractivity contribution in [3.05, 3.63) is 17.5 Å². The van der Waals surface area contributed by atoms with Crippen LogP contribution in [-0.2, 0) is 22.9 Å². The molecule has 0 amide bonds. The summed E-state index contributed by atoms with van der Waals surface area (Å²) in [6.07, 6.45) is 3.15. The molecule has 1 aromatic rings. The lowest BCUT2D eigenvalue weighted by molar-refractivity contribution is 0.276. The molecule has 1 saturated heterocycles. The Labute approximate surface area is 88.0 Å². The standard InChI is InChI=1S/C9H13NO4S/c11-6-7-5-10-14-9(7)4-8-2-1-3-15(8,12)13/h5,8,11H,1-4,6H2. The minimum absolute atomic E-state index is 0.161. The van der Waals surface area contributed by atoms with E-state index in [0.29, 0.717) is 24.2 Å². The molecule has 1 N–H and O–H groups in total. The van der Waals surface area contributed by atoms with E-state index < -0.39 is 9.84 Å². The first-order chi connectivity index (χ1) is 7.13. The first-order valence-corrected chi connectivity index (χ1v) is 6.60. The highest BCUT2D eigenvalue weighted by molar-refractivity contribution is 7.92. The number of aliphatic hydroxyl groups is 1. The summed E-state index contributed by atoms with van der Waals surface area (Å²) in [6.45, 7) is -0.161. The Morgan fingerprint density at radius 1 is 1.60 bits per heavy atom. The predicted octanol–water partition coefficient (Wildman–Crippen LogP) is 0.287. The van der Waals surface area contributed by atoms with Crippen molar-refractivity contribution in [2.24, 2.45) is 0 Å². The van der Waals surface area contributed by atoms with Crippen LogP contribution >= 0.6 is 0 Å². The third kappa shape index (κ3) is 2.05. The summed E-state index contributed by atoms with van der Waals surface area (Å²) in [5.74, 6) is 0.758. The maximum Gasteiger partial charge on any atom is 0.153 e. The van der Waals surface area contributed by atoms with Gasteiger partial charge in [-0.1, -0.05) is 5.16 Å². The number of rotatable bonds is 3. The van der Waals surface area contributed by atoms with E-state index in [4.69, 9.17) is 9.63 Å².